The van der Waals surface area contributed by atoms with Gasteiger partial charge in [0, 0.05) is 55.0 Å². The molecule has 63 heavy (non-hydrogen) atoms. The van der Waals surface area contributed by atoms with E-state index < -0.39 is 0 Å². The summed E-state index contributed by atoms with van der Waals surface area (Å²) in [7, 11) is 0. The number of benzene rings is 9. The highest BCUT2D eigenvalue weighted by atomic mass is 16.3. The molecule has 0 N–H and O–H groups in total. The van der Waals surface area contributed by atoms with Crippen molar-refractivity contribution in [2.24, 2.45) is 0 Å². The molecule has 5 heteroatoms. The van der Waals surface area contributed by atoms with Crippen LogP contribution in [0.25, 0.3) is 122 Å². The highest BCUT2D eigenvalue weighted by molar-refractivity contribution is 6.16. The van der Waals surface area contributed by atoms with Crippen LogP contribution >= 0.6 is 0 Å². The average Bonchev–Trinajstić information content (AvgIpc) is 4.02. The monoisotopic (exact) mass is 804 g/mol. The SMILES string of the molecule is c1ccc(-c2ccc3c(c2)c2c(-c4ccc(-c5cccc6c5oc5ccccc56)cc4)nc(-c4ccc5c(c4)c4ccccc4n5-c4ccccc4)nc2n3-c2ccccc2)cc1. The first kappa shape index (κ1) is 35.2. The minimum Gasteiger partial charge on any atom is -0.455 e. The lowest BCUT2D eigenvalue weighted by molar-refractivity contribution is 0.670. The number of aromatic nitrogens is 4. The lowest BCUT2D eigenvalue weighted by Gasteiger charge is -2.11. The van der Waals surface area contributed by atoms with Gasteiger partial charge < -0.3 is 8.98 Å². The Hall–Kier alpha value is -8.54. The Bertz CT molecular complexity index is 3880. The fourth-order valence-electron chi connectivity index (χ4n) is 9.64. The maximum Gasteiger partial charge on any atom is 0.162 e. The quantitative estimate of drug-likeness (QED) is 0.168. The second-order valence-corrected chi connectivity index (χ2v) is 16.1. The van der Waals surface area contributed by atoms with Crippen LogP contribution in [0, 0.1) is 0 Å². The third-order valence-corrected chi connectivity index (χ3v) is 12.5. The van der Waals surface area contributed by atoms with Gasteiger partial charge in [0.25, 0.3) is 0 Å². The number of para-hydroxylation sites is 5. The molecule has 0 unspecified atom stereocenters. The molecule has 294 valence electrons. The maximum absolute atomic E-state index is 6.47. The van der Waals surface area contributed by atoms with Gasteiger partial charge in [-0.2, -0.15) is 0 Å². The van der Waals surface area contributed by atoms with Crippen molar-refractivity contribution < 1.29 is 4.42 Å². The van der Waals surface area contributed by atoms with Gasteiger partial charge >= 0.3 is 0 Å². The number of hydrogen-bond donors (Lipinski definition) is 0. The second-order valence-electron chi connectivity index (χ2n) is 16.1. The summed E-state index contributed by atoms with van der Waals surface area (Å²) >= 11 is 0. The number of nitrogens with zero attached hydrogens (tertiary/aromatic N) is 4. The van der Waals surface area contributed by atoms with E-state index in [-0.39, 0.29) is 0 Å². The molecule has 0 amide bonds. The van der Waals surface area contributed by atoms with Crippen LogP contribution in [0.5, 0.6) is 0 Å². The molecule has 0 fully saturated rings. The minimum atomic E-state index is 0.662. The summed E-state index contributed by atoms with van der Waals surface area (Å²) < 4.78 is 11.1. The molecule has 0 aliphatic carbocycles. The Labute approximate surface area is 362 Å². The van der Waals surface area contributed by atoms with Gasteiger partial charge in [-0.3, -0.25) is 4.57 Å². The molecule has 4 heterocycles. The van der Waals surface area contributed by atoms with Crippen molar-refractivity contribution in [3.8, 4) is 56.3 Å². The van der Waals surface area contributed by atoms with Gasteiger partial charge in [-0.15, -0.1) is 0 Å². The Morgan fingerprint density at radius 1 is 0.349 bits per heavy atom. The van der Waals surface area contributed by atoms with Crippen LogP contribution in [0.1, 0.15) is 0 Å². The number of fused-ring (bicyclic) bond motifs is 9. The Kier molecular flexibility index (Phi) is 7.84. The van der Waals surface area contributed by atoms with Crippen molar-refractivity contribution in [2.45, 2.75) is 0 Å². The molecule has 13 rings (SSSR count). The molecule has 4 aromatic heterocycles. The molecule has 13 aromatic rings. The Morgan fingerprint density at radius 2 is 0.921 bits per heavy atom. The van der Waals surface area contributed by atoms with Gasteiger partial charge in [0.1, 0.15) is 16.8 Å². The molecule has 0 saturated carbocycles. The lowest BCUT2D eigenvalue weighted by atomic mass is 9.98. The molecule has 0 radical (unpaired) electrons. The van der Waals surface area contributed by atoms with E-state index in [4.69, 9.17) is 14.4 Å². The van der Waals surface area contributed by atoms with Gasteiger partial charge in [0.05, 0.1) is 27.6 Å². The molecule has 0 aliphatic heterocycles. The molecule has 9 aromatic carbocycles. The molecule has 5 nitrogen and oxygen atoms in total. The zero-order valence-corrected chi connectivity index (χ0v) is 34.0. The topological polar surface area (TPSA) is 48.8 Å². The highest BCUT2D eigenvalue weighted by Gasteiger charge is 2.23. The van der Waals surface area contributed by atoms with Gasteiger partial charge in [-0.25, -0.2) is 9.97 Å². The highest BCUT2D eigenvalue weighted by Crippen LogP contribution is 2.42. The van der Waals surface area contributed by atoms with E-state index in [1.807, 2.05) is 12.1 Å². The fourth-order valence-corrected chi connectivity index (χ4v) is 9.64. The molecule has 0 bridgehead atoms. The van der Waals surface area contributed by atoms with Gasteiger partial charge in [-0.05, 0) is 83.4 Å². The smallest absolute Gasteiger partial charge is 0.162 e. The van der Waals surface area contributed by atoms with Crippen LogP contribution in [-0.4, -0.2) is 19.1 Å². The molecular weight excluding hydrogens is 769 g/mol. The van der Waals surface area contributed by atoms with E-state index in [0.29, 0.717) is 5.82 Å². The maximum atomic E-state index is 6.47. The van der Waals surface area contributed by atoms with Crippen LogP contribution in [0.4, 0.5) is 0 Å². The van der Waals surface area contributed by atoms with Crippen LogP contribution < -0.4 is 0 Å². The van der Waals surface area contributed by atoms with Crippen LogP contribution in [0.15, 0.2) is 223 Å². The summed E-state index contributed by atoms with van der Waals surface area (Å²) in [6.45, 7) is 0. The van der Waals surface area contributed by atoms with E-state index in [2.05, 4.69) is 215 Å². The third kappa shape index (κ3) is 5.57. The number of furan rings is 1. The zero-order valence-electron chi connectivity index (χ0n) is 34.0. The van der Waals surface area contributed by atoms with E-state index in [9.17, 15) is 0 Å². The second kappa shape index (κ2) is 14.0. The lowest BCUT2D eigenvalue weighted by Crippen LogP contribution is -1.99. The first-order valence-electron chi connectivity index (χ1n) is 21.3. The summed E-state index contributed by atoms with van der Waals surface area (Å²) in [5.41, 5.74) is 15.4. The van der Waals surface area contributed by atoms with E-state index in [1.54, 1.807) is 0 Å². The molecular formula is C58H36N4O. The first-order chi connectivity index (χ1) is 31.2. The predicted molar refractivity (Wildman–Crippen MR) is 260 cm³/mol. The van der Waals surface area contributed by atoms with Crippen LogP contribution in [0.2, 0.25) is 0 Å². The van der Waals surface area contributed by atoms with Crippen molar-refractivity contribution in [2.75, 3.05) is 0 Å². The van der Waals surface area contributed by atoms with E-state index in [1.165, 1.54) is 5.39 Å². The van der Waals surface area contributed by atoms with Crippen molar-refractivity contribution in [1.29, 1.82) is 0 Å². The number of hydrogen-bond acceptors (Lipinski definition) is 3. The van der Waals surface area contributed by atoms with Crippen molar-refractivity contribution in [1.82, 2.24) is 19.1 Å². The summed E-state index contributed by atoms with van der Waals surface area (Å²) in [4.78, 5) is 11.1. The zero-order chi connectivity index (χ0) is 41.4. The van der Waals surface area contributed by atoms with Crippen molar-refractivity contribution >= 4 is 65.7 Å². The minimum absolute atomic E-state index is 0.662. The largest absolute Gasteiger partial charge is 0.455 e. The normalized spacial score (nSPS) is 11.8. The Morgan fingerprint density at radius 3 is 1.70 bits per heavy atom. The summed E-state index contributed by atoms with van der Waals surface area (Å²) in [5.74, 6) is 0.662. The average molecular weight is 805 g/mol. The van der Waals surface area contributed by atoms with Crippen molar-refractivity contribution in [3.63, 3.8) is 0 Å². The molecule has 0 spiro atoms. The molecule has 0 saturated heterocycles. The number of rotatable bonds is 6. The summed E-state index contributed by atoms with van der Waals surface area (Å²) in [6, 6.07) is 77.2. The van der Waals surface area contributed by atoms with Gasteiger partial charge in [0.15, 0.2) is 5.82 Å². The van der Waals surface area contributed by atoms with Crippen molar-refractivity contribution in [3.05, 3.63) is 218 Å². The van der Waals surface area contributed by atoms with Gasteiger partial charge in [0.2, 0.25) is 0 Å². The summed E-state index contributed by atoms with van der Waals surface area (Å²) in [5, 5.41) is 6.66. The van der Waals surface area contributed by atoms with E-state index >= 15 is 0 Å². The third-order valence-electron chi connectivity index (χ3n) is 12.5. The fraction of sp³-hybridized carbons (Fsp3) is 0. The Balaban J connectivity index is 1.07. The molecule has 0 atom stereocenters. The van der Waals surface area contributed by atoms with Crippen LogP contribution in [-0.2, 0) is 0 Å². The summed E-state index contributed by atoms with van der Waals surface area (Å²) in [6.07, 6.45) is 0. The van der Waals surface area contributed by atoms with Crippen LogP contribution in [0.3, 0.4) is 0 Å². The van der Waals surface area contributed by atoms with Gasteiger partial charge in [-0.1, -0.05) is 152 Å². The predicted octanol–water partition coefficient (Wildman–Crippen LogP) is 15.2. The standard InChI is InChI=1S/C58H36N4O/c1-4-15-37(16-5-1)40-31-33-52-49(35-40)54-55(39-29-27-38(28-30-39)44-23-14-24-47-46-22-11-13-26-53(46)63-56(44)47)59-57(60-58(54)62(52)43-19-8-3-9-20-43)41-32-34-51-48(36-41)45-21-10-12-25-50(45)61(51)42-17-6-2-7-18-42/h1-36H. The molecule has 0 aliphatic rings. The first-order valence-corrected chi connectivity index (χ1v) is 21.3. The van der Waals surface area contributed by atoms with E-state index in [0.717, 1.165) is 111 Å².